The lowest BCUT2D eigenvalue weighted by molar-refractivity contribution is -0.136. The fourth-order valence-corrected chi connectivity index (χ4v) is 1.40. The molecule has 1 aromatic carbocycles. The zero-order chi connectivity index (χ0) is 13.5. The van der Waals surface area contributed by atoms with Crippen LogP contribution in [0.5, 0.6) is 5.75 Å². The third-order valence-electron chi connectivity index (χ3n) is 2.03. The number of anilines is 1. The normalized spacial score (nSPS) is 9.67. The molecule has 0 unspecified atom stereocenters. The van der Waals surface area contributed by atoms with Crippen LogP contribution < -0.4 is 15.4 Å². The molecule has 18 heavy (non-hydrogen) atoms. The summed E-state index contributed by atoms with van der Waals surface area (Å²) in [6, 6.07) is 4.28. The molecule has 6 nitrogen and oxygen atoms in total. The fraction of sp³-hybridized carbons (Fsp3) is 0.273. The third kappa shape index (κ3) is 4.50. The van der Waals surface area contributed by atoms with Crippen molar-refractivity contribution < 1.29 is 19.4 Å². The van der Waals surface area contributed by atoms with Crippen LogP contribution in [0.25, 0.3) is 0 Å². The number of aliphatic carboxylic acids is 1. The van der Waals surface area contributed by atoms with E-state index in [1.54, 1.807) is 12.1 Å². The smallest absolute Gasteiger partial charge is 0.319 e. The van der Waals surface area contributed by atoms with Gasteiger partial charge in [0.1, 0.15) is 5.75 Å². The van der Waals surface area contributed by atoms with E-state index in [0.717, 1.165) is 0 Å². The highest BCUT2D eigenvalue weighted by molar-refractivity contribution is 6.31. The molecule has 0 aliphatic carbocycles. The Kier molecular flexibility index (Phi) is 5.26. The summed E-state index contributed by atoms with van der Waals surface area (Å²) in [6.45, 7) is 0.0457. The summed E-state index contributed by atoms with van der Waals surface area (Å²) >= 11 is 5.80. The number of ether oxygens (including phenoxy) is 1. The quantitative estimate of drug-likeness (QED) is 0.764. The van der Waals surface area contributed by atoms with Crippen molar-refractivity contribution >= 4 is 29.3 Å². The van der Waals surface area contributed by atoms with Gasteiger partial charge in [0.15, 0.2) is 0 Å². The topological polar surface area (TPSA) is 87.7 Å². The van der Waals surface area contributed by atoms with Crippen LogP contribution >= 0.6 is 11.6 Å². The molecule has 0 radical (unpaired) electrons. The van der Waals surface area contributed by atoms with Gasteiger partial charge in [-0.25, -0.2) is 4.79 Å². The lowest BCUT2D eigenvalue weighted by Gasteiger charge is -2.11. The molecule has 98 valence electrons. The Morgan fingerprint density at radius 1 is 1.44 bits per heavy atom. The van der Waals surface area contributed by atoms with Crippen LogP contribution in [0.2, 0.25) is 5.02 Å². The molecule has 3 N–H and O–H groups in total. The van der Waals surface area contributed by atoms with Gasteiger partial charge < -0.3 is 20.5 Å². The third-order valence-corrected chi connectivity index (χ3v) is 2.27. The average molecular weight is 273 g/mol. The Hall–Kier alpha value is -1.95. The van der Waals surface area contributed by atoms with Crippen molar-refractivity contribution in [2.45, 2.75) is 6.42 Å². The van der Waals surface area contributed by atoms with Crippen molar-refractivity contribution in [3.8, 4) is 5.75 Å². The van der Waals surface area contributed by atoms with Crippen LogP contribution in [-0.2, 0) is 4.79 Å². The van der Waals surface area contributed by atoms with Crippen molar-refractivity contribution in [2.75, 3.05) is 19.0 Å². The first-order valence-electron chi connectivity index (χ1n) is 5.13. The van der Waals surface area contributed by atoms with E-state index in [-0.39, 0.29) is 13.0 Å². The number of hydrogen-bond acceptors (Lipinski definition) is 3. The molecular formula is C11H13ClN2O4. The van der Waals surface area contributed by atoms with E-state index in [4.69, 9.17) is 21.4 Å². The number of nitrogens with one attached hydrogen (secondary N) is 2. The van der Waals surface area contributed by atoms with Gasteiger partial charge in [0.05, 0.1) is 19.2 Å². The van der Waals surface area contributed by atoms with Crippen LogP contribution in [0, 0.1) is 0 Å². The van der Waals surface area contributed by atoms with E-state index in [1.165, 1.54) is 13.2 Å². The fourth-order valence-electron chi connectivity index (χ4n) is 1.23. The molecule has 0 saturated heterocycles. The number of amides is 2. The number of rotatable bonds is 5. The molecule has 0 aromatic heterocycles. The molecule has 0 spiro atoms. The van der Waals surface area contributed by atoms with E-state index in [1.807, 2.05) is 0 Å². The van der Waals surface area contributed by atoms with Gasteiger partial charge in [-0.15, -0.1) is 0 Å². The van der Waals surface area contributed by atoms with Gasteiger partial charge in [-0.1, -0.05) is 11.6 Å². The maximum atomic E-state index is 11.5. The summed E-state index contributed by atoms with van der Waals surface area (Å²) in [5, 5.41) is 13.8. The number of carbonyl (C=O) groups excluding carboxylic acids is 1. The second kappa shape index (κ2) is 6.70. The van der Waals surface area contributed by atoms with Gasteiger partial charge in [-0.05, 0) is 18.2 Å². The van der Waals surface area contributed by atoms with Crippen LogP contribution in [0.15, 0.2) is 18.2 Å². The number of halogens is 1. The predicted molar refractivity (Wildman–Crippen MR) is 67.3 cm³/mol. The second-order valence-electron chi connectivity index (χ2n) is 3.37. The van der Waals surface area contributed by atoms with Crippen LogP contribution in [0.4, 0.5) is 10.5 Å². The first-order chi connectivity index (χ1) is 8.52. The van der Waals surface area contributed by atoms with Gasteiger partial charge in [0, 0.05) is 11.6 Å². The lowest BCUT2D eigenvalue weighted by Crippen LogP contribution is -2.30. The molecule has 0 aliphatic heterocycles. The number of carboxylic acids is 1. The molecule has 2 amide bonds. The van der Waals surface area contributed by atoms with Crippen LogP contribution in [0.3, 0.4) is 0 Å². The summed E-state index contributed by atoms with van der Waals surface area (Å²) in [4.78, 5) is 21.7. The lowest BCUT2D eigenvalue weighted by atomic mass is 10.3. The number of benzene rings is 1. The maximum Gasteiger partial charge on any atom is 0.319 e. The minimum absolute atomic E-state index is 0.0457. The Labute approximate surface area is 109 Å². The van der Waals surface area contributed by atoms with E-state index < -0.39 is 12.0 Å². The van der Waals surface area contributed by atoms with Crippen LogP contribution in [-0.4, -0.2) is 30.8 Å². The molecule has 1 aromatic rings. The Balaban J connectivity index is 2.58. The molecule has 7 heteroatoms. The van der Waals surface area contributed by atoms with E-state index in [9.17, 15) is 9.59 Å². The largest absolute Gasteiger partial charge is 0.495 e. The standard InChI is InChI=1S/C11H13ClN2O4/c1-18-9-3-2-7(12)6-8(9)14-11(17)13-5-4-10(15)16/h2-3,6H,4-5H2,1H3,(H,15,16)(H2,13,14,17). The number of hydrogen-bond donors (Lipinski definition) is 3. The minimum atomic E-state index is -0.976. The highest BCUT2D eigenvalue weighted by Crippen LogP contribution is 2.27. The van der Waals surface area contributed by atoms with E-state index in [0.29, 0.717) is 16.5 Å². The first kappa shape index (κ1) is 14.1. The van der Waals surface area contributed by atoms with Gasteiger partial charge >= 0.3 is 12.0 Å². The maximum absolute atomic E-state index is 11.5. The van der Waals surface area contributed by atoms with E-state index >= 15 is 0 Å². The van der Waals surface area contributed by atoms with Gasteiger partial charge in [-0.2, -0.15) is 0 Å². The number of methoxy groups -OCH3 is 1. The summed E-state index contributed by atoms with van der Waals surface area (Å²) < 4.78 is 5.05. The summed E-state index contributed by atoms with van der Waals surface area (Å²) in [5.41, 5.74) is 0.415. The van der Waals surface area contributed by atoms with Crippen molar-refractivity contribution in [1.82, 2.24) is 5.32 Å². The molecule has 0 aliphatic rings. The summed E-state index contributed by atoms with van der Waals surface area (Å²) in [5.74, 6) is -0.511. The van der Waals surface area contributed by atoms with Crippen LogP contribution in [0.1, 0.15) is 6.42 Å². The van der Waals surface area contributed by atoms with Crippen molar-refractivity contribution in [3.63, 3.8) is 0 Å². The van der Waals surface area contributed by atoms with Gasteiger partial charge in [-0.3, -0.25) is 4.79 Å². The molecule has 1 rings (SSSR count). The minimum Gasteiger partial charge on any atom is -0.495 e. The zero-order valence-electron chi connectivity index (χ0n) is 9.70. The second-order valence-corrected chi connectivity index (χ2v) is 3.81. The number of urea groups is 1. The average Bonchev–Trinajstić information content (AvgIpc) is 2.28. The Morgan fingerprint density at radius 2 is 2.17 bits per heavy atom. The highest BCUT2D eigenvalue weighted by Gasteiger charge is 2.08. The zero-order valence-corrected chi connectivity index (χ0v) is 10.5. The van der Waals surface area contributed by atoms with Crippen molar-refractivity contribution in [3.05, 3.63) is 23.2 Å². The molecule has 0 bridgehead atoms. The molecular weight excluding hydrogens is 260 g/mol. The number of carboxylic acid groups (broad SMARTS) is 1. The number of carbonyl (C=O) groups is 2. The monoisotopic (exact) mass is 272 g/mol. The van der Waals surface area contributed by atoms with E-state index in [2.05, 4.69) is 10.6 Å². The first-order valence-corrected chi connectivity index (χ1v) is 5.51. The SMILES string of the molecule is COc1ccc(Cl)cc1NC(=O)NCCC(=O)O. The summed E-state index contributed by atoms with van der Waals surface area (Å²) in [6.07, 6.45) is -0.139. The van der Waals surface area contributed by atoms with Crippen molar-refractivity contribution in [1.29, 1.82) is 0 Å². The molecule has 0 heterocycles. The van der Waals surface area contributed by atoms with Gasteiger partial charge in [0.25, 0.3) is 0 Å². The predicted octanol–water partition coefficient (Wildman–Crippen LogP) is 1.94. The highest BCUT2D eigenvalue weighted by atomic mass is 35.5. The summed E-state index contributed by atoms with van der Waals surface area (Å²) in [7, 11) is 1.47. The Bertz CT molecular complexity index is 451. The Morgan fingerprint density at radius 3 is 2.78 bits per heavy atom. The van der Waals surface area contributed by atoms with Crippen molar-refractivity contribution in [2.24, 2.45) is 0 Å². The molecule has 0 fully saturated rings. The van der Waals surface area contributed by atoms with Gasteiger partial charge in [0.2, 0.25) is 0 Å². The molecule has 0 atom stereocenters. The molecule has 0 saturated carbocycles.